The van der Waals surface area contributed by atoms with Crippen molar-refractivity contribution in [1.29, 1.82) is 0 Å². The maximum absolute atomic E-state index is 12.7. The lowest BCUT2D eigenvalue weighted by Gasteiger charge is -2.32. The van der Waals surface area contributed by atoms with E-state index in [1.54, 1.807) is 0 Å². The number of likely N-dealkylation sites (tertiary alicyclic amines) is 1. The number of piperidine rings is 1. The van der Waals surface area contributed by atoms with Crippen molar-refractivity contribution in [3.8, 4) is 0 Å². The number of hydrogen-bond acceptors (Lipinski definition) is 6. The SMILES string of the molecule is CN1CCC(C(=O)C2C(C(=O)S)[C@H]3CC[C@H]2O3)CC1.CN1CCNCC1. The van der Waals surface area contributed by atoms with Gasteiger partial charge in [-0.1, -0.05) is 0 Å². The topological polar surface area (TPSA) is 61.9 Å². The number of fused-ring (bicyclic) bond motifs is 2. The zero-order valence-electron chi connectivity index (χ0n) is 16.0. The number of piperazine rings is 1. The Bertz CT molecular complexity index is 504. The summed E-state index contributed by atoms with van der Waals surface area (Å²) in [5, 5.41) is 3.11. The lowest BCUT2D eigenvalue weighted by Crippen LogP contribution is -2.42. The van der Waals surface area contributed by atoms with E-state index in [1.807, 2.05) is 0 Å². The smallest absolute Gasteiger partial charge is 0.192 e. The number of ketones is 1. The number of rotatable bonds is 3. The highest BCUT2D eigenvalue weighted by Gasteiger charge is 2.55. The van der Waals surface area contributed by atoms with Crippen LogP contribution in [0.1, 0.15) is 25.7 Å². The number of ether oxygens (including phenoxy) is 1. The molecule has 4 saturated heterocycles. The molecule has 0 amide bonds. The summed E-state index contributed by atoms with van der Waals surface area (Å²) in [6.45, 7) is 6.68. The number of carbonyl (C=O) groups excluding carboxylic acids is 2. The molecule has 4 heterocycles. The fourth-order valence-corrected chi connectivity index (χ4v) is 5.02. The first-order chi connectivity index (χ1) is 12.5. The lowest BCUT2D eigenvalue weighted by atomic mass is 9.73. The van der Waals surface area contributed by atoms with Gasteiger partial charge in [0.25, 0.3) is 0 Å². The fraction of sp³-hybridized carbons (Fsp3) is 0.895. The van der Waals surface area contributed by atoms with Gasteiger partial charge in [-0.3, -0.25) is 9.59 Å². The molecule has 2 bridgehead atoms. The molecule has 0 radical (unpaired) electrons. The van der Waals surface area contributed by atoms with Crippen LogP contribution in [0.3, 0.4) is 0 Å². The van der Waals surface area contributed by atoms with Crippen molar-refractivity contribution in [3.63, 3.8) is 0 Å². The third kappa shape index (κ3) is 4.68. The molecule has 4 aliphatic rings. The van der Waals surface area contributed by atoms with Gasteiger partial charge in [-0.15, -0.1) is 12.6 Å². The molecule has 0 spiro atoms. The van der Waals surface area contributed by atoms with Gasteiger partial charge in [0.15, 0.2) is 5.12 Å². The lowest BCUT2D eigenvalue weighted by molar-refractivity contribution is -0.133. The van der Waals surface area contributed by atoms with E-state index in [2.05, 4.69) is 41.8 Å². The Labute approximate surface area is 162 Å². The summed E-state index contributed by atoms with van der Waals surface area (Å²) >= 11 is 3.98. The highest BCUT2D eigenvalue weighted by Crippen LogP contribution is 2.46. The van der Waals surface area contributed by atoms with E-state index in [4.69, 9.17) is 4.74 Å². The number of nitrogens with one attached hydrogen (secondary N) is 1. The van der Waals surface area contributed by atoms with E-state index in [1.165, 1.54) is 13.1 Å². The largest absolute Gasteiger partial charge is 0.373 e. The van der Waals surface area contributed by atoms with Crippen LogP contribution in [0.25, 0.3) is 0 Å². The number of Topliss-reactive ketones (excluding diaryl/α,β-unsaturated/α-hetero) is 1. The van der Waals surface area contributed by atoms with Crippen LogP contribution in [-0.2, 0) is 14.3 Å². The van der Waals surface area contributed by atoms with Crippen molar-refractivity contribution in [3.05, 3.63) is 0 Å². The Morgan fingerprint density at radius 3 is 1.92 bits per heavy atom. The first kappa shape index (κ1) is 20.3. The number of nitrogens with zero attached hydrogens (tertiary/aromatic N) is 2. The molecule has 1 N–H and O–H groups in total. The molecule has 4 fully saturated rings. The van der Waals surface area contributed by atoms with E-state index < -0.39 is 0 Å². The maximum Gasteiger partial charge on any atom is 0.192 e. The number of likely N-dealkylation sites (N-methyl/N-ethyl adjacent to an activating group) is 1. The second-order valence-corrected chi connectivity index (χ2v) is 8.65. The van der Waals surface area contributed by atoms with Crippen molar-refractivity contribution < 1.29 is 14.3 Å². The normalized spacial score (nSPS) is 35.8. The number of carbonyl (C=O) groups is 2. The molecule has 6 nitrogen and oxygen atoms in total. The van der Waals surface area contributed by atoms with Crippen LogP contribution in [0.5, 0.6) is 0 Å². The quantitative estimate of drug-likeness (QED) is 0.699. The molecule has 0 saturated carbocycles. The van der Waals surface area contributed by atoms with Gasteiger partial charge < -0.3 is 19.9 Å². The van der Waals surface area contributed by atoms with Crippen LogP contribution in [0.4, 0.5) is 0 Å². The molecule has 26 heavy (non-hydrogen) atoms. The standard InChI is InChI=1S/C14H21NO3S.C5H12N2/c1-15-6-4-8(5-7-15)13(16)11-9-2-3-10(18-9)12(11)14(17)19;1-7-4-2-6-3-5-7/h8-12H,2-7H2,1H3,(H,17,19);6H,2-5H2,1H3/t9-,10-,11?,12?;/m1./s1. The zero-order chi connectivity index (χ0) is 18.7. The van der Waals surface area contributed by atoms with Gasteiger partial charge in [0.2, 0.25) is 0 Å². The van der Waals surface area contributed by atoms with Crippen LogP contribution in [0.2, 0.25) is 0 Å². The van der Waals surface area contributed by atoms with Gasteiger partial charge in [-0.25, -0.2) is 0 Å². The van der Waals surface area contributed by atoms with Crippen molar-refractivity contribution in [1.82, 2.24) is 15.1 Å². The average Bonchev–Trinajstić information content (AvgIpc) is 3.24. The Kier molecular flexibility index (Phi) is 7.13. The molecular formula is C19H33N3O3S. The molecule has 4 aliphatic heterocycles. The van der Waals surface area contributed by atoms with E-state index >= 15 is 0 Å². The molecular weight excluding hydrogens is 350 g/mol. The van der Waals surface area contributed by atoms with Crippen LogP contribution in [0.15, 0.2) is 0 Å². The van der Waals surface area contributed by atoms with Gasteiger partial charge in [-0.2, -0.15) is 0 Å². The first-order valence-electron chi connectivity index (χ1n) is 9.97. The predicted octanol–water partition coefficient (Wildman–Crippen LogP) is 0.669. The minimum Gasteiger partial charge on any atom is -0.373 e. The van der Waals surface area contributed by atoms with Crippen LogP contribution < -0.4 is 5.32 Å². The molecule has 2 unspecified atom stereocenters. The third-order valence-electron chi connectivity index (χ3n) is 6.35. The third-order valence-corrected chi connectivity index (χ3v) is 6.65. The summed E-state index contributed by atoms with van der Waals surface area (Å²) in [7, 11) is 4.24. The monoisotopic (exact) mass is 383 g/mol. The highest BCUT2D eigenvalue weighted by atomic mass is 32.1. The molecule has 4 rings (SSSR count). The Hall–Kier alpha value is -0.470. The van der Waals surface area contributed by atoms with Gasteiger partial charge >= 0.3 is 0 Å². The Morgan fingerprint density at radius 2 is 1.42 bits per heavy atom. The van der Waals surface area contributed by atoms with Gasteiger partial charge in [0, 0.05) is 32.1 Å². The van der Waals surface area contributed by atoms with E-state index in [0.29, 0.717) is 0 Å². The highest BCUT2D eigenvalue weighted by molar-refractivity contribution is 7.96. The summed E-state index contributed by atoms with van der Waals surface area (Å²) in [5.74, 6) is -0.154. The summed E-state index contributed by atoms with van der Waals surface area (Å²) in [5.41, 5.74) is 0. The summed E-state index contributed by atoms with van der Waals surface area (Å²) in [4.78, 5) is 29.0. The minimum atomic E-state index is -0.297. The average molecular weight is 384 g/mol. The van der Waals surface area contributed by atoms with Crippen LogP contribution in [0, 0.1) is 17.8 Å². The second-order valence-electron chi connectivity index (χ2n) is 8.21. The minimum absolute atomic E-state index is 0.0294. The van der Waals surface area contributed by atoms with Gasteiger partial charge in [0.1, 0.15) is 5.78 Å². The molecule has 0 aromatic rings. The summed E-state index contributed by atoms with van der Waals surface area (Å²) in [6.07, 6.45) is 3.56. The van der Waals surface area contributed by atoms with E-state index in [-0.39, 0.29) is 40.9 Å². The molecule has 0 aliphatic carbocycles. The number of thiol groups is 1. The summed E-state index contributed by atoms with van der Waals surface area (Å²) < 4.78 is 5.79. The maximum atomic E-state index is 12.7. The number of hydrogen-bond donors (Lipinski definition) is 2. The predicted molar refractivity (Wildman–Crippen MR) is 104 cm³/mol. The fourth-order valence-electron chi connectivity index (χ4n) is 4.69. The van der Waals surface area contributed by atoms with Crippen molar-refractivity contribution in [2.45, 2.75) is 37.9 Å². The molecule has 0 aromatic heterocycles. The molecule has 0 aromatic carbocycles. The van der Waals surface area contributed by atoms with Crippen molar-refractivity contribution in [2.75, 3.05) is 53.4 Å². The molecule has 4 atom stereocenters. The molecule has 148 valence electrons. The Balaban J connectivity index is 0.000000236. The van der Waals surface area contributed by atoms with E-state index in [0.717, 1.165) is 51.9 Å². The van der Waals surface area contributed by atoms with Crippen molar-refractivity contribution in [2.24, 2.45) is 17.8 Å². The Morgan fingerprint density at radius 1 is 0.885 bits per heavy atom. The second kappa shape index (κ2) is 9.15. The van der Waals surface area contributed by atoms with Crippen LogP contribution >= 0.6 is 12.6 Å². The van der Waals surface area contributed by atoms with E-state index in [9.17, 15) is 9.59 Å². The molecule has 7 heteroatoms. The first-order valence-corrected chi connectivity index (χ1v) is 10.4. The zero-order valence-corrected chi connectivity index (χ0v) is 16.9. The van der Waals surface area contributed by atoms with Gasteiger partial charge in [-0.05, 0) is 52.9 Å². The van der Waals surface area contributed by atoms with Gasteiger partial charge in [0.05, 0.1) is 24.0 Å². The summed E-state index contributed by atoms with van der Waals surface area (Å²) in [6, 6.07) is 0. The van der Waals surface area contributed by atoms with Crippen molar-refractivity contribution >= 4 is 23.5 Å². The van der Waals surface area contributed by atoms with Crippen LogP contribution in [-0.4, -0.2) is 86.3 Å².